The molecule has 0 aliphatic carbocycles. The number of hydrogen-bond acceptors (Lipinski definition) is 3. The van der Waals surface area contributed by atoms with Crippen molar-refractivity contribution in [1.82, 2.24) is 5.32 Å². The van der Waals surface area contributed by atoms with Crippen molar-refractivity contribution in [1.29, 1.82) is 0 Å². The minimum atomic E-state index is -0.963. The van der Waals surface area contributed by atoms with Crippen LogP contribution in [0.5, 0.6) is 0 Å². The van der Waals surface area contributed by atoms with Crippen LogP contribution < -0.4 is 5.32 Å². The number of thiophene rings is 1. The summed E-state index contributed by atoms with van der Waals surface area (Å²) in [4.78, 5) is 12.4. The van der Waals surface area contributed by atoms with Gasteiger partial charge in [-0.15, -0.1) is 11.3 Å². The van der Waals surface area contributed by atoms with Crippen molar-refractivity contribution in [2.24, 2.45) is 0 Å². The molecule has 0 radical (unpaired) electrons. The molecular formula is C13H11Cl2NO2S. The van der Waals surface area contributed by atoms with Gasteiger partial charge in [-0.2, -0.15) is 0 Å². The Morgan fingerprint density at radius 3 is 2.53 bits per heavy atom. The number of carbonyl (C=O) groups is 1. The Bertz CT molecular complexity index is 552. The Morgan fingerprint density at radius 2 is 2.00 bits per heavy atom. The fraction of sp³-hybridized carbons (Fsp3) is 0.154. The van der Waals surface area contributed by atoms with Crippen molar-refractivity contribution < 1.29 is 9.90 Å². The molecular weight excluding hydrogens is 305 g/mol. The van der Waals surface area contributed by atoms with Gasteiger partial charge in [0, 0.05) is 21.5 Å². The van der Waals surface area contributed by atoms with E-state index in [1.165, 1.54) is 0 Å². The van der Waals surface area contributed by atoms with Crippen LogP contribution in [-0.4, -0.2) is 11.1 Å². The first kappa shape index (κ1) is 14.3. The third-order valence-corrected chi connectivity index (χ3v) is 3.84. The summed E-state index contributed by atoms with van der Waals surface area (Å²) in [6.07, 6.45) is 0. The largest absolute Gasteiger partial charge is 0.480 e. The zero-order chi connectivity index (χ0) is 13.8. The molecule has 0 amide bonds. The number of rotatable bonds is 5. The molecule has 0 spiro atoms. The molecule has 2 rings (SSSR count). The van der Waals surface area contributed by atoms with Crippen LogP contribution in [0.1, 0.15) is 16.5 Å². The van der Waals surface area contributed by atoms with Crippen LogP contribution in [0.15, 0.2) is 35.7 Å². The molecule has 0 fully saturated rings. The zero-order valence-corrected chi connectivity index (χ0v) is 12.1. The van der Waals surface area contributed by atoms with Gasteiger partial charge in [0.1, 0.15) is 6.04 Å². The van der Waals surface area contributed by atoms with E-state index in [0.717, 1.165) is 4.88 Å². The van der Waals surface area contributed by atoms with E-state index in [1.54, 1.807) is 29.5 Å². The number of hydrogen-bond donors (Lipinski definition) is 2. The minimum Gasteiger partial charge on any atom is -0.480 e. The van der Waals surface area contributed by atoms with Gasteiger partial charge in [-0.25, -0.2) is 0 Å². The van der Waals surface area contributed by atoms with Crippen molar-refractivity contribution in [3.05, 3.63) is 56.2 Å². The van der Waals surface area contributed by atoms with Crippen LogP contribution in [0.4, 0.5) is 0 Å². The lowest BCUT2D eigenvalue weighted by Crippen LogP contribution is -2.27. The molecule has 6 heteroatoms. The fourth-order valence-electron chi connectivity index (χ4n) is 1.71. The van der Waals surface area contributed by atoms with Crippen LogP contribution in [-0.2, 0) is 11.3 Å². The highest BCUT2D eigenvalue weighted by molar-refractivity contribution is 7.09. The van der Waals surface area contributed by atoms with E-state index in [2.05, 4.69) is 5.32 Å². The van der Waals surface area contributed by atoms with Crippen LogP contribution >= 0.6 is 34.5 Å². The number of benzene rings is 1. The lowest BCUT2D eigenvalue weighted by atomic mass is 10.1. The molecule has 0 aliphatic rings. The Morgan fingerprint density at radius 1 is 1.32 bits per heavy atom. The highest BCUT2D eigenvalue weighted by atomic mass is 35.5. The molecule has 0 aliphatic heterocycles. The maximum atomic E-state index is 11.3. The van der Waals surface area contributed by atoms with Crippen molar-refractivity contribution in [3.8, 4) is 0 Å². The second-order valence-corrected chi connectivity index (χ2v) is 5.84. The average Bonchev–Trinajstić information content (AvgIpc) is 2.80. The molecule has 2 N–H and O–H groups in total. The number of carboxylic acids is 1. The first-order valence-corrected chi connectivity index (χ1v) is 7.14. The van der Waals surface area contributed by atoms with Gasteiger partial charge >= 0.3 is 5.97 Å². The molecule has 1 atom stereocenters. The van der Waals surface area contributed by atoms with Crippen LogP contribution in [0.25, 0.3) is 0 Å². The van der Waals surface area contributed by atoms with Gasteiger partial charge in [-0.05, 0) is 35.2 Å². The third kappa shape index (κ3) is 3.94. The molecule has 0 saturated heterocycles. The molecule has 3 nitrogen and oxygen atoms in total. The summed E-state index contributed by atoms with van der Waals surface area (Å²) in [7, 11) is 0. The maximum Gasteiger partial charge on any atom is 0.325 e. The van der Waals surface area contributed by atoms with E-state index in [4.69, 9.17) is 23.2 Å². The molecule has 2 aromatic rings. The molecule has 0 bridgehead atoms. The smallest absolute Gasteiger partial charge is 0.325 e. The van der Waals surface area contributed by atoms with Gasteiger partial charge in [-0.3, -0.25) is 10.1 Å². The predicted molar refractivity (Wildman–Crippen MR) is 78.0 cm³/mol. The Labute approximate surface area is 124 Å². The van der Waals surface area contributed by atoms with Gasteiger partial charge in [0.2, 0.25) is 0 Å². The number of halogens is 2. The number of carboxylic acid groups (broad SMARTS) is 1. The molecule has 1 heterocycles. The van der Waals surface area contributed by atoms with Crippen LogP contribution in [0.2, 0.25) is 10.0 Å². The van der Waals surface area contributed by atoms with E-state index in [-0.39, 0.29) is 0 Å². The first-order valence-electron chi connectivity index (χ1n) is 5.51. The van der Waals surface area contributed by atoms with Gasteiger partial charge in [0.05, 0.1) is 0 Å². The third-order valence-electron chi connectivity index (χ3n) is 2.53. The molecule has 1 aromatic carbocycles. The van der Waals surface area contributed by atoms with E-state index < -0.39 is 12.0 Å². The normalized spacial score (nSPS) is 12.3. The molecule has 1 aromatic heterocycles. The van der Waals surface area contributed by atoms with E-state index >= 15 is 0 Å². The van der Waals surface area contributed by atoms with Gasteiger partial charge in [0.25, 0.3) is 0 Å². The summed E-state index contributed by atoms with van der Waals surface area (Å²) in [6, 6.07) is 7.82. The summed E-state index contributed by atoms with van der Waals surface area (Å²) in [5, 5.41) is 15.1. The standard InChI is InChI=1S/C13H11Cl2NO2S/c14-9-4-8(5-10(15)6-9)12(13(17)18)16-7-11-2-1-3-19-11/h1-6,12,16H,7H2,(H,17,18). The second-order valence-electron chi connectivity index (χ2n) is 3.93. The van der Waals surface area contributed by atoms with Gasteiger partial charge in [0.15, 0.2) is 0 Å². The van der Waals surface area contributed by atoms with Crippen molar-refractivity contribution in [3.63, 3.8) is 0 Å². The summed E-state index contributed by atoms with van der Waals surface area (Å²) in [6.45, 7) is 0.485. The second kappa shape index (κ2) is 6.39. The number of aliphatic carboxylic acids is 1. The van der Waals surface area contributed by atoms with E-state index in [0.29, 0.717) is 22.2 Å². The van der Waals surface area contributed by atoms with Gasteiger partial charge in [-0.1, -0.05) is 29.3 Å². The van der Waals surface area contributed by atoms with Gasteiger partial charge < -0.3 is 5.11 Å². The SMILES string of the molecule is O=C(O)C(NCc1cccs1)c1cc(Cl)cc(Cl)c1. The fourth-order valence-corrected chi connectivity index (χ4v) is 2.90. The highest BCUT2D eigenvalue weighted by Gasteiger charge is 2.20. The summed E-state index contributed by atoms with van der Waals surface area (Å²) in [5.74, 6) is -0.963. The van der Waals surface area contributed by atoms with Crippen LogP contribution in [0, 0.1) is 0 Å². The van der Waals surface area contributed by atoms with Crippen molar-refractivity contribution in [2.45, 2.75) is 12.6 Å². The minimum absolute atomic E-state index is 0.423. The van der Waals surface area contributed by atoms with E-state index in [1.807, 2.05) is 17.5 Å². The molecule has 1 unspecified atom stereocenters. The molecule has 0 saturated carbocycles. The number of nitrogens with one attached hydrogen (secondary N) is 1. The monoisotopic (exact) mass is 315 g/mol. The zero-order valence-electron chi connectivity index (χ0n) is 9.77. The summed E-state index contributed by atoms with van der Waals surface area (Å²) >= 11 is 13.4. The van der Waals surface area contributed by atoms with E-state index in [9.17, 15) is 9.90 Å². The van der Waals surface area contributed by atoms with Crippen molar-refractivity contribution >= 4 is 40.5 Å². The Kier molecular flexibility index (Phi) is 4.82. The molecule has 19 heavy (non-hydrogen) atoms. The first-order chi connectivity index (χ1) is 9.06. The highest BCUT2D eigenvalue weighted by Crippen LogP contribution is 2.24. The lowest BCUT2D eigenvalue weighted by molar-refractivity contribution is -0.139. The van der Waals surface area contributed by atoms with Crippen molar-refractivity contribution in [2.75, 3.05) is 0 Å². The summed E-state index contributed by atoms with van der Waals surface area (Å²) < 4.78 is 0. The topological polar surface area (TPSA) is 49.3 Å². The average molecular weight is 316 g/mol. The Balaban J connectivity index is 2.17. The Hall–Kier alpha value is -1.07. The summed E-state index contributed by atoms with van der Waals surface area (Å²) in [5.41, 5.74) is 0.543. The molecule has 100 valence electrons. The lowest BCUT2D eigenvalue weighted by Gasteiger charge is -2.15. The maximum absolute atomic E-state index is 11.3. The predicted octanol–water partition coefficient (Wildman–Crippen LogP) is 3.97. The van der Waals surface area contributed by atoms with Crippen LogP contribution in [0.3, 0.4) is 0 Å². The quantitative estimate of drug-likeness (QED) is 0.877.